The summed E-state index contributed by atoms with van der Waals surface area (Å²) in [5.41, 5.74) is 4.12. The highest BCUT2D eigenvalue weighted by Crippen LogP contribution is 2.24. The van der Waals surface area contributed by atoms with E-state index in [1.54, 1.807) is 12.1 Å². The summed E-state index contributed by atoms with van der Waals surface area (Å²) in [7, 11) is 0. The standard InChI is InChI=1S/C22H16BrN3O/c23-17-11-13-21-18(14-17)20(25-26-21)12-10-15-6-4-5-9-19(15)24-22(27)16-7-2-1-3-8-16/h1-14H,(H,24,27)(H,25,26). The molecule has 5 heteroatoms. The number of rotatable bonds is 4. The lowest BCUT2D eigenvalue weighted by molar-refractivity contribution is 0.102. The van der Waals surface area contributed by atoms with Crippen LogP contribution in [-0.2, 0) is 0 Å². The molecule has 4 rings (SSSR count). The summed E-state index contributed by atoms with van der Waals surface area (Å²) in [5.74, 6) is -0.132. The summed E-state index contributed by atoms with van der Waals surface area (Å²) in [5, 5.41) is 11.4. The van der Waals surface area contributed by atoms with Crippen molar-refractivity contribution < 1.29 is 4.79 Å². The Labute approximate surface area is 165 Å². The van der Waals surface area contributed by atoms with Crippen molar-refractivity contribution in [1.82, 2.24) is 10.2 Å². The summed E-state index contributed by atoms with van der Waals surface area (Å²) in [6.07, 6.45) is 3.93. The number of amides is 1. The largest absolute Gasteiger partial charge is 0.321 e. The van der Waals surface area contributed by atoms with Gasteiger partial charge in [0.05, 0.1) is 11.2 Å². The number of carbonyl (C=O) groups is 1. The summed E-state index contributed by atoms with van der Waals surface area (Å²) in [6, 6.07) is 22.8. The molecule has 1 heterocycles. The molecule has 0 atom stereocenters. The van der Waals surface area contributed by atoms with Crippen LogP contribution in [0.5, 0.6) is 0 Å². The van der Waals surface area contributed by atoms with E-state index in [4.69, 9.17) is 0 Å². The van der Waals surface area contributed by atoms with Gasteiger partial charge in [0.15, 0.2) is 0 Å². The molecule has 1 aromatic heterocycles. The SMILES string of the molecule is O=C(Nc1ccccc1C=Cc1[nH]nc2ccc(Br)cc12)c1ccccc1. The number of nitrogens with one attached hydrogen (secondary N) is 2. The highest BCUT2D eigenvalue weighted by Gasteiger charge is 2.08. The van der Waals surface area contributed by atoms with Crippen molar-refractivity contribution in [3.63, 3.8) is 0 Å². The number of carbonyl (C=O) groups excluding carboxylic acids is 1. The molecule has 2 N–H and O–H groups in total. The van der Waals surface area contributed by atoms with Gasteiger partial charge in [-0.2, -0.15) is 5.10 Å². The monoisotopic (exact) mass is 417 g/mol. The molecular formula is C22H16BrN3O. The van der Waals surface area contributed by atoms with E-state index >= 15 is 0 Å². The van der Waals surface area contributed by atoms with Gasteiger partial charge in [0.2, 0.25) is 0 Å². The maximum absolute atomic E-state index is 12.5. The Morgan fingerprint density at radius 3 is 2.59 bits per heavy atom. The third-order valence-electron chi connectivity index (χ3n) is 4.22. The third-order valence-corrected chi connectivity index (χ3v) is 4.71. The van der Waals surface area contributed by atoms with Crippen LogP contribution in [0.2, 0.25) is 0 Å². The Kier molecular flexibility index (Phi) is 4.85. The molecule has 0 unspecified atom stereocenters. The smallest absolute Gasteiger partial charge is 0.255 e. The van der Waals surface area contributed by atoms with E-state index in [2.05, 4.69) is 31.4 Å². The Balaban J connectivity index is 1.62. The molecule has 0 fully saturated rings. The number of aromatic amines is 1. The van der Waals surface area contributed by atoms with Gasteiger partial charge in [-0.3, -0.25) is 9.89 Å². The normalized spacial score (nSPS) is 11.1. The minimum Gasteiger partial charge on any atom is -0.321 e. The molecule has 0 radical (unpaired) electrons. The average molecular weight is 418 g/mol. The van der Waals surface area contributed by atoms with Crippen LogP contribution in [0.15, 0.2) is 77.3 Å². The van der Waals surface area contributed by atoms with E-state index in [0.29, 0.717) is 5.56 Å². The molecule has 3 aromatic carbocycles. The van der Waals surface area contributed by atoms with E-state index in [9.17, 15) is 4.79 Å². The highest BCUT2D eigenvalue weighted by atomic mass is 79.9. The number of halogens is 1. The van der Waals surface area contributed by atoms with Gasteiger partial charge in [0.1, 0.15) is 0 Å². The Morgan fingerprint density at radius 2 is 1.74 bits per heavy atom. The summed E-state index contributed by atoms with van der Waals surface area (Å²) >= 11 is 3.49. The van der Waals surface area contributed by atoms with Crippen LogP contribution < -0.4 is 5.32 Å². The number of anilines is 1. The molecule has 0 spiro atoms. The molecular weight excluding hydrogens is 402 g/mol. The van der Waals surface area contributed by atoms with Crippen LogP contribution in [0, 0.1) is 0 Å². The van der Waals surface area contributed by atoms with E-state index in [1.165, 1.54) is 0 Å². The van der Waals surface area contributed by atoms with E-state index in [-0.39, 0.29) is 5.91 Å². The number of hydrogen-bond donors (Lipinski definition) is 2. The van der Waals surface area contributed by atoms with Crippen molar-refractivity contribution in [2.45, 2.75) is 0 Å². The van der Waals surface area contributed by atoms with Gasteiger partial charge in [-0.1, -0.05) is 58.4 Å². The number of benzene rings is 3. The first kappa shape index (κ1) is 17.2. The molecule has 0 saturated carbocycles. The number of para-hydroxylation sites is 1. The summed E-state index contributed by atoms with van der Waals surface area (Å²) < 4.78 is 1.00. The van der Waals surface area contributed by atoms with Crippen LogP contribution in [0.25, 0.3) is 23.1 Å². The minimum atomic E-state index is -0.132. The zero-order chi connectivity index (χ0) is 18.6. The molecule has 0 saturated heterocycles. The third kappa shape index (κ3) is 3.83. The second-order valence-electron chi connectivity index (χ2n) is 6.04. The van der Waals surface area contributed by atoms with Crippen LogP contribution >= 0.6 is 15.9 Å². The van der Waals surface area contributed by atoms with Crippen LogP contribution in [0.1, 0.15) is 21.6 Å². The molecule has 0 aliphatic heterocycles. The first-order chi connectivity index (χ1) is 13.2. The highest BCUT2D eigenvalue weighted by molar-refractivity contribution is 9.10. The van der Waals surface area contributed by atoms with E-state index in [0.717, 1.165) is 32.3 Å². The zero-order valence-electron chi connectivity index (χ0n) is 14.3. The molecule has 4 aromatic rings. The van der Waals surface area contributed by atoms with Crippen molar-refractivity contribution in [2.24, 2.45) is 0 Å². The Morgan fingerprint density at radius 1 is 0.963 bits per heavy atom. The van der Waals surface area contributed by atoms with Crippen molar-refractivity contribution in [3.05, 3.63) is 94.1 Å². The average Bonchev–Trinajstić information content (AvgIpc) is 3.10. The van der Waals surface area contributed by atoms with Crippen molar-refractivity contribution in [2.75, 3.05) is 5.32 Å². The predicted octanol–water partition coefficient (Wildman–Crippen LogP) is 5.75. The lowest BCUT2D eigenvalue weighted by Gasteiger charge is -2.08. The van der Waals surface area contributed by atoms with Crippen molar-refractivity contribution >= 4 is 50.6 Å². The van der Waals surface area contributed by atoms with Gasteiger partial charge in [-0.25, -0.2) is 0 Å². The molecule has 1 amide bonds. The number of fused-ring (bicyclic) bond motifs is 1. The molecule has 0 aliphatic rings. The fourth-order valence-corrected chi connectivity index (χ4v) is 3.20. The second kappa shape index (κ2) is 7.60. The summed E-state index contributed by atoms with van der Waals surface area (Å²) in [6.45, 7) is 0. The predicted molar refractivity (Wildman–Crippen MR) is 114 cm³/mol. The summed E-state index contributed by atoms with van der Waals surface area (Å²) in [4.78, 5) is 12.5. The number of nitrogens with zero attached hydrogens (tertiary/aromatic N) is 1. The zero-order valence-corrected chi connectivity index (χ0v) is 15.9. The maximum atomic E-state index is 12.5. The maximum Gasteiger partial charge on any atom is 0.255 e. The molecule has 0 bridgehead atoms. The first-order valence-electron chi connectivity index (χ1n) is 8.48. The van der Waals surface area contributed by atoms with Gasteiger partial charge in [-0.15, -0.1) is 0 Å². The van der Waals surface area contributed by atoms with E-state index < -0.39 is 0 Å². The molecule has 4 nitrogen and oxygen atoms in total. The fourth-order valence-electron chi connectivity index (χ4n) is 2.84. The first-order valence-corrected chi connectivity index (χ1v) is 9.27. The number of H-pyrrole nitrogens is 1. The van der Waals surface area contributed by atoms with E-state index in [1.807, 2.05) is 72.8 Å². The van der Waals surface area contributed by atoms with Gasteiger partial charge in [0, 0.05) is 21.1 Å². The van der Waals surface area contributed by atoms with Crippen molar-refractivity contribution in [3.8, 4) is 0 Å². The van der Waals surface area contributed by atoms with Gasteiger partial charge in [0.25, 0.3) is 5.91 Å². The number of aromatic nitrogens is 2. The quantitative estimate of drug-likeness (QED) is 0.444. The molecule has 27 heavy (non-hydrogen) atoms. The van der Waals surface area contributed by atoms with Crippen LogP contribution in [0.3, 0.4) is 0 Å². The second-order valence-corrected chi connectivity index (χ2v) is 6.96. The molecule has 0 aliphatic carbocycles. The van der Waals surface area contributed by atoms with Crippen molar-refractivity contribution in [1.29, 1.82) is 0 Å². The van der Waals surface area contributed by atoms with Crippen LogP contribution in [0.4, 0.5) is 5.69 Å². The Hall–Kier alpha value is -3.18. The van der Waals surface area contributed by atoms with Gasteiger partial charge in [-0.05, 0) is 48.0 Å². The lowest BCUT2D eigenvalue weighted by atomic mass is 10.1. The lowest BCUT2D eigenvalue weighted by Crippen LogP contribution is -2.12. The molecule has 132 valence electrons. The number of hydrogen-bond acceptors (Lipinski definition) is 2. The van der Waals surface area contributed by atoms with Gasteiger partial charge < -0.3 is 5.32 Å². The minimum absolute atomic E-state index is 0.132. The van der Waals surface area contributed by atoms with Gasteiger partial charge >= 0.3 is 0 Å². The topological polar surface area (TPSA) is 57.8 Å². The fraction of sp³-hybridized carbons (Fsp3) is 0. The Bertz CT molecular complexity index is 1130. The van der Waals surface area contributed by atoms with Crippen LogP contribution in [-0.4, -0.2) is 16.1 Å².